The van der Waals surface area contributed by atoms with E-state index in [0.717, 1.165) is 44.6 Å². The van der Waals surface area contributed by atoms with E-state index in [0.29, 0.717) is 0 Å². The van der Waals surface area contributed by atoms with E-state index < -0.39 is 5.41 Å². The van der Waals surface area contributed by atoms with Crippen molar-refractivity contribution >= 4 is 21.8 Å². The zero-order chi connectivity index (χ0) is 37.1. The van der Waals surface area contributed by atoms with Crippen LogP contribution in [-0.4, -0.2) is 14.5 Å². The molecule has 0 atom stereocenters. The molecule has 2 heterocycles. The van der Waals surface area contributed by atoms with Crippen molar-refractivity contribution in [2.24, 2.45) is 0 Å². The minimum atomic E-state index is -0.509. The Morgan fingerprint density at radius 3 is 1.84 bits per heavy atom. The number of nitrogens with zero attached hydrogens (tertiary/aromatic N) is 3. The molecule has 0 saturated carbocycles. The molecule has 2 aromatic heterocycles. The van der Waals surface area contributed by atoms with E-state index in [1.165, 1.54) is 49.9 Å². The van der Waals surface area contributed by atoms with Crippen LogP contribution in [0.15, 0.2) is 213 Å². The number of pyridine rings is 1. The van der Waals surface area contributed by atoms with E-state index in [2.05, 4.69) is 210 Å². The third kappa shape index (κ3) is 4.84. The van der Waals surface area contributed by atoms with Gasteiger partial charge in [0.1, 0.15) is 5.82 Å². The lowest BCUT2D eigenvalue weighted by molar-refractivity contribution is 0.769. The van der Waals surface area contributed by atoms with E-state index >= 15 is 0 Å². The SMILES string of the molecule is c1ccc(-n2c(-c3ccc(-c4cc5c(cc4-c4cccc6ccncc46)C(c4ccccc4)(c4ccccc4)c4ccccc4-5)cc3)nc3ccccc32)cc1. The van der Waals surface area contributed by atoms with Crippen molar-refractivity contribution in [3.63, 3.8) is 0 Å². The number of aromatic nitrogens is 3. The summed E-state index contributed by atoms with van der Waals surface area (Å²) in [6.45, 7) is 0. The molecule has 0 amide bonds. The molecule has 0 fully saturated rings. The molecule has 0 spiro atoms. The van der Waals surface area contributed by atoms with Crippen LogP contribution in [0, 0.1) is 0 Å². The molecule has 8 aromatic carbocycles. The first-order valence-corrected chi connectivity index (χ1v) is 19.2. The molecule has 11 rings (SSSR count). The van der Waals surface area contributed by atoms with Gasteiger partial charge in [0.2, 0.25) is 0 Å². The van der Waals surface area contributed by atoms with Gasteiger partial charge in [-0.15, -0.1) is 0 Å². The minimum Gasteiger partial charge on any atom is -0.292 e. The van der Waals surface area contributed by atoms with Crippen molar-refractivity contribution in [1.82, 2.24) is 14.5 Å². The predicted molar refractivity (Wildman–Crippen MR) is 230 cm³/mol. The maximum absolute atomic E-state index is 5.16. The average molecular weight is 714 g/mol. The van der Waals surface area contributed by atoms with E-state index in [1.807, 2.05) is 12.4 Å². The first-order valence-electron chi connectivity index (χ1n) is 19.2. The molecule has 1 aliphatic carbocycles. The fourth-order valence-electron chi connectivity index (χ4n) is 9.15. The smallest absolute Gasteiger partial charge is 0.145 e. The lowest BCUT2D eigenvalue weighted by atomic mass is 9.67. The van der Waals surface area contributed by atoms with Gasteiger partial charge in [-0.3, -0.25) is 9.55 Å². The summed E-state index contributed by atoms with van der Waals surface area (Å²) in [5, 5.41) is 2.30. The Morgan fingerprint density at radius 1 is 0.429 bits per heavy atom. The zero-order valence-corrected chi connectivity index (χ0v) is 30.5. The molecular formula is C53H35N3. The van der Waals surface area contributed by atoms with E-state index in [4.69, 9.17) is 4.98 Å². The molecule has 0 aliphatic heterocycles. The number of imidazole rings is 1. The van der Waals surface area contributed by atoms with Gasteiger partial charge in [-0.25, -0.2) is 4.98 Å². The summed E-state index contributed by atoms with van der Waals surface area (Å²) in [5.41, 5.74) is 15.9. The van der Waals surface area contributed by atoms with Crippen LogP contribution >= 0.6 is 0 Å². The first kappa shape index (κ1) is 32.1. The monoisotopic (exact) mass is 713 g/mol. The fraction of sp³-hybridized carbons (Fsp3) is 0.0189. The number of benzene rings is 8. The van der Waals surface area contributed by atoms with Crippen LogP contribution in [0.2, 0.25) is 0 Å². The summed E-state index contributed by atoms with van der Waals surface area (Å²) < 4.78 is 2.26. The van der Waals surface area contributed by atoms with Crippen LogP contribution in [0.5, 0.6) is 0 Å². The highest BCUT2D eigenvalue weighted by atomic mass is 15.1. The van der Waals surface area contributed by atoms with Crippen LogP contribution in [0.1, 0.15) is 22.3 Å². The molecule has 0 N–H and O–H groups in total. The van der Waals surface area contributed by atoms with Crippen LogP contribution in [0.3, 0.4) is 0 Å². The fourth-order valence-corrected chi connectivity index (χ4v) is 9.15. The highest BCUT2D eigenvalue weighted by Crippen LogP contribution is 2.58. The summed E-state index contributed by atoms with van der Waals surface area (Å²) in [6.07, 6.45) is 3.89. The molecule has 0 unspecified atom stereocenters. The van der Waals surface area contributed by atoms with Crippen molar-refractivity contribution in [2.75, 3.05) is 0 Å². The molecule has 56 heavy (non-hydrogen) atoms. The normalized spacial score (nSPS) is 12.8. The summed E-state index contributed by atoms with van der Waals surface area (Å²) in [5.74, 6) is 0.919. The Labute approximate surface area is 325 Å². The summed E-state index contributed by atoms with van der Waals surface area (Å²) in [7, 11) is 0. The second-order valence-corrected chi connectivity index (χ2v) is 14.5. The molecular weight excluding hydrogens is 679 g/mol. The summed E-state index contributed by atoms with van der Waals surface area (Å²) in [4.78, 5) is 9.78. The van der Waals surface area contributed by atoms with Crippen LogP contribution < -0.4 is 0 Å². The van der Waals surface area contributed by atoms with Gasteiger partial charge in [-0.1, -0.05) is 158 Å². The molecule has 0 bridgehead atoms. The summed E-state index contributed by atoms with van der Waals surface area (Å²) >= 11 is 0. The van der Waals surface area contributed by atoms with Gasteiger partial charge in [0.05, 0.1) is 16.4 Å². The third-order valence-corrected chi connectivity index (χ3v) is 11.6. The largest absolute Gasteiger partial charge is 0.292 e. The van der Waals surface area contributed by atoms with Gasteiger partial charge in [-0.05, 0) is 103 Å². The van der Waals surface area contributed by atoms with E-state index in [-0.39, 0.29) is 0 Å². The topological polar surface area (TPSA) is 30.7 Å². The quantitative estimate of drug-likeness (QED) is 0.172. The molecule has 3 nitrogen and oxygen atoms in total. The Balaban J connectivity index is 1.18. The van der Waals surface area contributed by atoms with Crippen molar-refractivity contribution in [3.8, 4) is 50.5 Å². The third-order valence-electron chi connectivity index (χ3n) is 11.6. The Kier molecular flexibility index (Phi) is 7.39. The Morgan fingerprint density at radius 2 is 1.07 bits per heavy atom. The van der Waals surface area contributed by atoms with Crippen molar-refractivity contribution < 1.29 is 0 Å². The highest BCUT2D eigenvalue weighted by molar-refractivity contribution is 6.03. The van der Waals surface area contributed by atoms with E-state index in [9.17, 15) is 0 Å². The molecule has 1 aliphatic rings. The van der Waals surface area contributed by atoms with Crippen molar-refractivity contribution in [2.45, 2.75) is 5.41 Å². The minimum absolute atomic E-state index is 0.509. The second kappa shape index (κ2) is 12.9. The lowest BCUT2D eigenvalue weighted by Gasteiger charge is -2.34. The molecule has 0 radical (unpaired) electrons. The standard InChI is InChI=1S/C53H35N3/c1-4-16-39(17-5-1)53(40-18-6-2-7-19-40)48-24-11-10-22-43(48)46-33-44(45(34-49(46)53)42-23-14-15-36-31-32-54-35-47(36)42)37-27-29-38(30-28-37)52-55-50-25-12-13-26-51(50)56(52)41-20-8-3-9-21-41/h1-35H. The van der Waals surface area contributed by atoms with Gasteiger partial charge < -0.3 is 0 Å². The van der Waals surface area contributed by atoms with Crippen molar-refractivity contribution in [1.29, 1.82) is 0 Å². The molecule has 262 valence electrons. The molecule has 0 saturated heterocycles. The number of fused-ring (bicyclic) bond motifs is 5. The maximum atomic E-state index is 5.16. The van der Waals surface area contributed by atoms with Gasteiger partial charge >= 0.3 is 0 Å². The van der Waals surface area contributed by atoms with Gasteiger partial charge in [0, 0.05) is 29.0 Å². The van der Waals surface area contributed by atoms with Crippen LogP contribution in [-0.2, 0) is 5.41 Å². The van der Waals surface area contributed by atoms with Gasteiger partial charge in [0.25, 0.3) is 0 Å². The number of hydrogen-bond donors (Lipinski definition) is 0. The maximum Gasteiger partial charge on any atom is 0.145 e. The average Bonchev–Trinajstić information content (AvgIpc) is 3.81. The molecule has 10 aromatic rings. The van der Waals surface area contributed by atoms with Crippen LogP contribution in [0.25, 0.3) is 72.3 Å². The molecule has 3 heteroatoms. The zero-order valence-electron chi connectivity index (χ0n) is 30.5. The summed E-state index contributed by atoms with van der Waals surface area (Å²) in [6, 6.07) is 72.5. The van der Waals surface area contributed by atoms with Crippen molar-refractivity contribution in [3.05, 3.63) is 235 Å². The predicted octanol–water partition coefficient (Wildman–Crippen LogP) is 12.9. The first-order chi connectivity index (χ1) is 27.8. The highest BCUT2D eigenvalue weighted by Gasteiger charge is 2.46. The lowest BCUT2D eigenvalue weighted by Crippen LogP contribution is -2.28. The van der Waals surface area contributed by atoms with Gasteiger partial charge in [-0.2, -0.15) is 0 Å². The van der Waals surface area contributed by atoms with Crippen LogP contribution in [0.4, 0.5) is 0 Å². The second-order valence-electron chi connectivity index (χ2n) is 14.5. The van der Waals surface area contributed by atoms with Gasteiger partial charge in [0.15, 0.2) is 0 Å². The van der Waals surface area contributed by atoms with E-state index in [1.54, 1.807) is 0 Å². The number of hydrogen-bond acceptors (Lipinski definition) is 2. The Bertz CT molecular complexity index is 3010. The number of rotatable bonds is 6. The number of para-hydroxylation sites is 3. The Hall–Kier alpha value is -7.36.